The molecule has 10 rings (SSSR count). The van der Waals surface area contributed by atoms with E-state index in [0.29, 0.717) is 0 Å². The Kier molecular flexibility index (Phi) is 6.62. The van der Waals surface area contributed by atoms with Gasteiger partial charge < -0.3 is 4.57 Å². The SMILES string of the molecule is Cc1ccccc1-c1nc(-c2ccccc2)nc(C2=CC(n3c4ccccc4c4c5ccccc5c5sc6ccccc6c5c43)=CCC2)c1C. The lowest BCUT2D eigenvalue weighted by atomic mass is 9.93. The van der Waals surface area contributed by atoms with Crippen molar-refractivity contribution in [1.82, 2.24) is 14.5 Å². The fourth-order valence-corrected chi connectivity index (χ4v) is 9.30. The van der Waals surface area contributed by atoms with Crippen molar-refractivity contribution in [2.75, 3.05) is 0 Å². The maximum Gasteiger partial charge on any atom is 0.160 e. The summed E-state index contributed by atoms with van der Waals surface area (Å²) < 4.78 is 5.20. The van der Waals surface area contributed by atoms with Crippen LogP contribution in [-0.2, 0) is 0 Å². The Balaban J connectivity index is 1.27. The smallest absolute Gasteiger partial charge is 0.160 e. The van der Waals surface area contributed by atoms with E-state index in [2.05, 4.69) is 152 Å². The monoisotopic (exact) mass is 659 g/mol. The number of hydrogen-bond donors (Lipinski definition) is 0. The third-order valence-electron chi connectivity index (χ3n) is 10.4. The van der Waals surface area contributed by atoms with Gasteiger partial charge >= 0.3 is 0 Å². The van der Waals surface area contributed by atoms with E-state index in [4.69, 9.17) is 9.97 Å². The molecule has 0 radical (unpaired) electrons. The number of nitrogens with zero attached hydrogens (tertiary/aromatic N) is 3. The number of para-hydroxylation sites is 1. The zero-order valence-corrected chi connectivity index (χ0v) is 28.8. The number of aromatic nitrogens is 3. The van der Waals surface area contributed by atoms with Gasteiger partial charge in [0.05, 0.1) is 22.4 Å². The van der Waals surface area contributed by atoms with Crippen molar-refractivity contribution in [3.8, 4) is 22.6 Å². The zero-order chi connectivity index (χ0) is 33.3. The molecular weight excluding hydrogens is 627 g/mol. The first-order valence-electron chi connectivity index (χ1n) is 17.3. The molecule has 1 aliphatic carbocycles. The Labute approximate surface area is 294 Å². The highest BCUT2D eigenvalue weighted by molar-refractivity contribution is 7.27. The number of benzene rings is 6. The summed E-state index contributed by atoms with van der Waals surface area (Å²) in [6.45, 7) is 4.36. The van der Waals surface area contributed by atoms with Gasteiger partial charge in [-0.2, -0.15) is 0 Å². The quantitative estimate of drug-likeness (QED) is 0.188. The van der Waals surface area contributed by atoms with Crippen molar-refractivity contribution in [3.05, 3.63) is 156 Å². The standard InChI is InChI=1S/C46H33N3S/c1-28-15-6-7-20-33(28)43-29(2)42(47-46(48-43)30-16-4-3-5-17-30)31-18-14-19-32(27-31)49-38-25-12-10-23-36(38)40-34-21-8-9-22-35(34)45-41(44(40)49)37-24-11-13-26-39(37)50-45/h3-13,15-17,19-27H,14,18H2,1-2H3. The summed E-state index contributed by atoms with van der Waals surface area (Å²) in [4.78, 5) is 10.5. The molecule has 0 N–H and O–H groups in total. The number of allylic oxidation sites excluding steroid dienone is 4. The molecule has 3 heterocycles. The van der Waals surface area contributed by atoms with Crippen molar-refractivity contribution >= 4 is 75.4 Å². The molecule has 0 saturated carbocycles. The zero-order valence-electron chi connectivity index (χ0n) is 27.9. The number of fused-ring (bicyclic) bond motifs is 10. The number of aryl methyl sites for hydroxylation is 1. The Morgan fingerprint density at radius 2 is 1.30 bits per heavy atom. The van der Waals surface area contributed by atoms with Crippen LogP contribution in [0.3, 0.4) is 0 Å². The highest BCUT2D eigenvalue weighted by Crippen LogP contribution is 2.48. The average Bonchev–Trinajstić information content (AvgIpc) is 3.73. The summed E-state index contributed by atoms with van der Waals surface area (Å²) >= 11 is 1.91. The predicted octanol–water partition coefficient (Wildman–Crippen LogP) is 12.8. The van der Waals surface area contributed by atoms with Crippen LogP contribution < -0.4 is 0 Å². The van der Waals surface area contributed by atoms with E-state index in [-0.39, 0.29) is 0 Å². The van der Waals surface area contributed by atoms with E-state index in [1.54, 1.807) is 0 Å². The van der Waals surface area contributed by atoms with Gasteiger partial charge in [-0.1, -0.05) is 121 Å². The molecule has 4 heteroatoms. The average molecular weight is 660 g/mol. The molecule has 0 saturated heterocycles. The molecule has 3 nitrogen and oxygen atoms in total. The van der Waals surface area contributed by atoms with Crippen molar-refractivity contribution < 1.29 is 0 Å². The first-order valence-corrected chi connectivity index (χ1v) is 18.1. The summed E-state index contributed by atoms with van der Waals surface area (Å²) in [5.41, 5.74) is 11.5. The Morgan fingerprint density at radius 3 is 2.14 bits per heavy atom. The molecule has 238 valence electrons. The van der Waals surface area contributed by atoms with Crippen molar-refractivity contribution in [3.63, 3.8) is 0 Å². The first kappa shape index (κ1) is 29.1. The fourth-order valence-electron chi connectivity index (χ4n) is 8.06. The molecule has 0 atom stereocenters. The number of rotatable bonds is 4. The van der Waals surface area contributed by atoms with Gasteiger partial charge in [0, 0.05) is 58.7 Å². The summed E-state index contributed by atoms with van der Waals surface area (Å²) in [7, 11) is 0. The van der Waals surface area contributed by atoms with E-state index in [9.17, 15) is 0 Å². The molecule has 0 aliphatic heterocycles. The third kappa shape index (κ3) is 4.35. The fraction of sp³-hybridized carbons (Fsp3) is 0.0870. The highest BCUT2D eigenvalue weighted by Gasteiger charge is 2.24. The summed E-state index contributed by atoms with van der Waals surface area (Å²) in [6, 6.07) is 45.7. The lowest BCUT2D eigenvalue weighted by molar-refractivity contribution is 1.01. The minimum atomic E-state index is 0.760. The van der Waals surface area contributed by atoms with Crippen molar-refractivity contribution in [2.45, 2.75) is 26.7 Å². The van der Waals surface area contributed by atoms with Gasteiger partial charge in [0.2, 0.25) is 0 Å². The van der Waals surface area contributed by atoms with Crippen molar-refractivity contribution in [2.24, 2.45) is 0 Å². The first-order chi connectivity index (χ1) is 24.7. The highest BCUT2D eigenvalue weighted by atomic mass is 32.1. The minimum Gasteiger partial charge on any atom is -0.309 e. The summed E-state index contributed by atoms with van der Waals surface area (Å²) in [6.07, 6.45) is 6.66. The predicted molar refractivity (Wildman–Crippen MR) is 214 cm³/mol. The van der Waals surface area contributed by atoms with E-state index < -0.39 is 0 Å². The molecular formula is C46H33N3S. The second-order valence-electron chi connectivity index (χ2n) is 13.3. The molecule has 3 aromatic heterocycles. The van der Waals surface area contributed by atoms with E-state index in [1.807, 2.05) is 17.4 Å². The van der Waals surface area contributed by atoms with E-state index >= 15 is 0 Å². The van der Waals surface area contributed by atoms with Crippen LogP contribution in [0.15, 0.2) is 140 Å². The Hall–Kier alpha value is -5.84. The van der Waals surface area contributed by atoms with Crippen LogP contribution in [0.2, 0.25) is 0 Å². The van der Waals surface area contributed by atoms with Gasteiger partial charge in [-0.15, -0.1) is 11.3 Å². The van der Waals surface area contributed by atoms with Crippen LogP contribution in [0.25, 0.3) is 86.7 Å². The largest absolute Gasteiger partial charge is 0.309 e. The number of hydrogen-bond acceptors (Lipinski definition) is 3. The van der Waals surface area contributed by atoms with Crippen LogP contribution in [0, 0.1) is 13.8 Å². The van der Waals surface area contributed by atoms with Gasteiger partial charge in [-0.05, 0) is 61.4 Å². The van der Waals surface area contributed by atoms with Gasteiger partial charge in [0.15, 0.2) is 5.82 Å². The normalized spacial score (nSPS) is 13.5. The van der Waals surface area contributed by atoms with Gasteiger partial charge in [-0.25, -0.2) is 9.97 Å². The Bertz CT molecular complexity index is 2890. The Morgan fingerprint density at radius 1 is 0.620 bits per heavy atom. The summed E-state index contributed by atoms with van der Waals surface area (Å²) in [5.74, 6) is 0.760. The van der Waals surface area contributed by atoms with Crippen LogP contribution in [-0.4, -0.2) is 14.5 Å². The molecule has 0 amide bonds. The van der Waals surface area contributed by atoms with Gasteiger partial charge in [-0.3, -0.25) is 0 Å². The van der Waals surface area contributed by atoms with Crippen LogP contribution in [0.1, 0.15) is 29.7 Å². The molecule has 9 aromatic rings. The molecule has 6 aromatic carbocycles. The van der Waals surface area contributed by atoms with Gasteiger partial charge in [0.1, 0.15) is 0 Å². The van der Waals surface area contributed by atoms with E-state index in [1.165, 1.54) is 69.6 Å². The van der Waals surface area contributed by atoms with Crippen LogP contribution in [0.4, 0.5) is 0 Å². The molecule has 0 bridgehead atoms. The lowest BCUT2D eigenvalue weighted by Crippen LogP contribution is -2.06. The lowest BCUT2D eigenvalue weighted by Gasteiger charge is -2.20. The molecule has 1 aliphatic rings. The van der Waals surface area contributed by atoms with Gasteiger partial charge in [0.25, 0.3) is 0 Å². The maximum atomic E-state index is 5.33. The summed E-state index contributed by atoms with van der Waals surface area (Å²) in [5, 5.41) is 7.88. The topological polar surface area (TPSA) is 30.7 Å². The van der Waals surface area contributed by atoms with Crippen molar-refractivity contribution in [1.29, 1.82) is 0 Å². The second-order valence-corrected chi connectivity index (χ2v) is 14.4. The maximum absolute atomic E-state index is 5.33. The second kappa shape index (κ2) is 11.4. The molecule has 0 unspecified atom stereocenters. The molecule has 0 spiro atoms. The van der Waals surface area contributed by atoms with Crippen LogP contribution in [0.5, 0.6) is 0 Å². The number of thiophene rings is 1. The third-order valence-corrected chi connectivity index (χ3v) is 11.6. The van der Waals surface area contributed by atoms with Crippen LogP contribution >= 0.6 is 11.3 Å². The van der Waals surface area contributed by atoms with E-state index in [0.717, 1.165) is 46.7 Å². The molecule has 0 fully saturated rings. The minimum absolute atomic E-state index is 0.760. The molecule has 50 heavy (non-hydrogen) atoms.